The Balaban J connectivity index is 1.82. The molecule has 4 N–H and O–H groups in total. The second-order valence-electron chi connectivity index (χ2n) is 5.92. The summed E-state index contributed by atoms with van der Waals surface area (Å²) >= 11 is 0. The van der Waals surface area contributed by atoms with Gasteiger partial charge in [-0.3, -0.25) is 5.43 Å². The van der Waals surface area contributed by atoms with Crippen molar-refractivity contribution in [3.63, 3.8) is 0 Å². The van der Waals surface area contributed by atoms with Crippen molar-refractivity contribution in [1.82, 2.24) is 15.0 Å². The van der Waals surface area contributed by atoms with E-state index in [9.17, 15) is 0 Å². The van der Waals surface area contributed by atoms with Gasteiger partial charge in [0.1, 0.15) is 0 Å². The van der Waals surface area contributed by atoms with Crippen LogP contribution in [0.2, 0.25) is 0 Å². The van der Waals surface area contributed by atoms with Gasteiger partial charge in [0.15, 0.2) is 0 Å². The lowest BCUT2D eigenvalue weighted by Crippen LogP contribution is -2.38. The number of ether oxygens (including phenoxy) is 1. The number of rotatable bonds is 4. The average Bonchev–Trinajstić information content (AvgIpc) is 2.94. The number of hydrazine groups is 1. The van der Waals surface area contributed by atoms with Crippen LogP contribution in [0, 0.1) is 0 Å². The predicted octanol–water partition coefficient (Wildman–Crippen LogP) is 0.738. The van der Waals surface area contributed by atoms with E-state index in [-0.39, 0.29) is 5.54 Å². The van der Waals surface area contributed by atoms with E-state index in [4.69, 9.17) is 10.6 Å². The molecule has 2 heterocycles. The van der Waals surface area contributed by atoms with Crippen molar-refractivity contribution in [2.45, 2.75) is 38.1 Å². The smallest absolute Gasteiger partial charge is 0.243 e. The summed E-state index contributed by atoms with van der Waals surface area (Å²) in [6.07, 6.45) is 4.76. The minimum atomic E-state index is 0.0650. The lowest BCUT2D eigenvalue weighted by Gasteiger charge is -2.29. The Labute approximate surface area is 124 Å². The molecule has 21 heavy (non-hydrogen) atoms. The Morgan fingerprint density at radius 1 is 1.10 bits per heavy atom. The minimum absolute atomic E-state index is 0.0650. The molecule has 116 valence electrons. The number of nitrogens with zero attached hydrogens (tertiary/aromatic N) is 4. The van der Waals surface area contributed by atoms with E-state index in [0.717, 1.165) is 25.9 Å². The molecular weight excluding hydrogens is 270 g/mol. The quantitative estimate of drug-likeness (QED) is 0.552. The number of nitrogens with one attached hydrogen (secondary N) is 2. The van der Waals surface area contributed by atoms with Crippen molar-refractivity contribution in [3.05, 3.63) is 0 Å². The third kappa shape index (κ3) is 3.33. The van der Waals surface area contributed by atoms with Crippen molar-refractivity contribution < 1.29 is 4.74 Å². The number of aromatic nitrogens is 3. The minimum Gasteiger partial charge on any atom is -0.378 e. The second-order valence-corrected chi connectivity index (χ2v) is 5.92. The number of anilines is 3. The molecule has 8 nitrogen and oxygen atoms in total. The molecule has 0 aromatic carbocycles. The first-order chi connectivity index (χ1) is 10.2. The molecule has 1 aliphatic carbocycles. The van der Waals surface area contributed by atoms with Gasteiger partial charge in [0.2, 0.25) is 17.8 Å². The zero-order chi connectivity index (χ0) is 14.7. The summed E-state index contributed by atoms with van der Waals surface area (Å²) in [6.45, 7) is 5.16. The molecule has 8 heteroatoms. The highest BCUT2D eigenvalue weighted by molar-refractivity contribution is 5.44. The van der Waals surface area contributed by atoms with Gasteiger partial charge in [0.05, 0.1) is 13.2 Å². The van der Waals surface area contributed by atoms with E-state index in [1.165, 1.54) is 12.8 Å². The van der Waals surface area contributed by atoms with Gasteiger partial charge in [-0.05, 0) is 19.8 Å². The summed E-state index contributed by atoms with van der Waals surface area (Å²) in [6, 6.07) is 0. The average molecular weight is 293 g/mol. The molecular formula is C13H23N7O. The zero-order valence-electron chi connectivity index (χ0n) is 12.4. The van der Waals surface area contributed by atoms with Gasteiger partial charge >= 0.3 is 0 Å². The van der Waals surface area contributed by atoms with Crippen molar-refractivity contribution in [1.29, 1.82) is 0 Å². The summed E-state index contributed by atoms with van der Waals surface area (Å²) in [5.41, 5.74) is 2.59. The molecule has 1 saturated carbocycles. The first-order valence-electron chi connectivity index (χ1n) is 7.52. The molecule has 1 aromatic rings. The fraction of sp³-hybridized carbons (Fsp3) is 0.769. The molecule has 3 rings (SSSR count). The third-order valence-corrected chi connectivity index (χ3v) is 4.17. The Morgan fingerprint density at radius 3 is 2.43 bits per heavy atom. The van der Waals surface area contributed by atoms with Crippen molar-refractivity contribution in [3.8, 4) is 0 Å². The highest BCUT2D eigenvalue weighted by atomic mass is 16.5. The van der Waals surface area contributed by atoms with Gasteiger partial charge in [0.25, 0.3) is 0 Å². The molecule has 1 aliphatic heterocycles. The lowest BCUT2D eigenvalue weighted by molar-refractivity contribution is 0.122. The molecule has 1 aromatic heterocycles. The van der Waals surface area contributed by atoms with Crippen molar-refractivity contribution in [2.24, 2.45) is 5.84 Å². The third-order valence-electron chi connectivity index (χ3n) is 4.17. The molecule has 2 fully saturated rings. The Morgan fingerprint density at radius 2 is 1.76 bits per heavy atom. The lowest BCUT2D eigenvalue weighted by atomic mass is 10.0. The van der Waals surface area contributed by atoms with Crippen LogP contribution in [0.25, 0.3) is 0 Å². The van der Waals surface area contributed by atoms with Gasteiger partial charge in [-0.15, -0.1) is 0 Å². The summed E-state index contributed by atoms with van der Waals surface area (Å²) < 4.78 is 5.36. The van der Waals surface area contributed by atoms with Crippen LogP contribution in [-0.2, 0) is 4.74 Å². The fourth-order valence-corrected chi connectivity index (χ4v) is 2.94. The van der Waals surface area contributed by atoms with Crippen LogP contribution in [0.3, 0.4) is 0 Å². The van der Waals surface area contributed by atoms with Crippen LogP contribution in [0.1, 0.15) is 32.6 Å². The van der Waals surface area contributed by atoms with Crippen molar-refractivity contribution in [2.75, 3.05) is 41.9 Å². The zero-order valence-corrected chi connectivity index (χ0v) is 12.4. The van der Waals surface area contributed by atoms with Gasteiger partial charge in [-0.2, -0.15) is 15.0 Å². The Kier molecular flexibility index (Phi) is 4.07. The largest absolute Gasteiger partial charge is 0.378 e. The molecule has 0 bridgehead atoms. The Bertz CT molecular complexity index is 483. The van der Waals surface area contributed by atoms with E-state index in [0.29, 0.717) is 31.1 Å². The number of nitrogens with two attached hydrogens (primary N) is 1. The molecule has 0 radical (unpaired) electrons. The van der Waals surface area contributed by atoms with Crippen LogP contribution < -0.4 is 21.5 Å². The van der Waals surface area contributed by atoms with Crippen LogP contribution in [-0.4, -0.2) is 46.8 Å². The second kappa shape index (κ2) is 5.98. The topological polar surface area (TPSA) is 101 Å². The number of morpholine rings is 1. The monoisotopic (exact) mass is 293 g/mol. The predicted molar refractivity (Wildman–Crippen MR) is 81.2 cm³/mol. The summed E-state index contributed by atoms with van der Waals surface area (Å²) in [4.78, 5) is 15.3. The molecule has 2 aliphatic rings. The number of nitrogen functional groups attached to an aromatic ring is 1. The summed E-state index contributed by atoms with van der Waals surface area (Å²) in [5.74, 6) is 7.10. The Hall–Kier alpha value is -1.67. The highest BCUT2D eigenvalue weighted by Gasteiger charge is 2.29. The van der Waals surface area contributed by atoms with Crippen molar-refractivity contribution >= 4 is 17.8 Å². The first kappa shape index (κ1) is 14.3. The molecule has 0 atom stereocenters. The van der Waals surface area contributed by atoms with E-state index in [2.05, 4.69) is 37.5 Å². The molecule has 1 saturated heterocycles. The normalized spacial score (nSPS) is 21.3. The van der Waals surface area contributed by atoms with Gasteiger partial charge in [0, 0.05) is 18.6 Å². The maximum Gasteiger partial charge on any atom is 0.243 e. The summed E-state index contributed by atoms with van der Waals surface area (Å²) in [7, 11) is 0. The van der Waals surface area contributed by atoms with Gasteiger partial charge in [-0.25, -0.2) is 5.84 Å². The van der Waals surface area contributed by atoms with E-state index < -0.39 is 0 Å². The first-order valence-corrected chi connectivity index (χ1v) is 7.52. The number of hydrogen-bond acceptors (Lipinski definition) is 8. The molecule has 0 spiro atoms. The highest BCUT2D eigenvalue weighted by Crippen LogP contribution is 2.32. The van der Waals surface area contributed by atoms with E-state index >= 15 is 0 Å². The van der Waals surface area contributed by atoms with Crippen LogP contribution in [0.4, 0.5) is 17.8 Å². The van der Waals surface area contributed by atoms with Crippen LogP contribution in [0.5, 0.6) is 0 Å². The van der Waals surface area contributed by atoms with E-state index in [1.54, 1.807) is 0 Å². The van der Waals surface area contributed by atoms with Gasteiger partial charge < -0.3 is 15.0 Å². The maximum atomic E-state index is 5.48. The van der Waals surface area contributed by atoms with E-state index in [1.807, 2.05) is 0 Å². The SMILES string of the molecule is CC1(Nc2nc(NN)nc(N3CCOCC3)n2)CCCC1. The number of hydrogen-bond donors (Lipinski definition) is 3. The van der Waals surface area contributed by atoms with Crippen LogP contribution in [0.15, 0.2) is 0 Å². The fourth-order valence-electron chi connectivity index (χ4n) is 2.94. The molecule has 0 unspecified atom stereocenters. The maximum absolute atomic E-state index is 5.48. The van der Waals surface area contributed by atoms with Gasteiger partial charge in [-0.1, -0.05) is 12.8 Å². The summed E-state index contributed by atoms with van der Waals surface area (Å²) in [5, 5.41) is 3.46. The van der Waals surface area contributed by atoms with Crippen LogP contribution >= 0.6 is 0 Å². The molecule has 0 amide bonds. The standard InChI is InChI=1S/C13H23N7O/c1-13(4-2-3-5-13)18-10-15-11(19-14)17-12(16-10)20-6-8-21-9-7-20/h2-9,14H2,1H3,(H2,15,16,17,18,19).